The molecule has 0 aromatic carbocycles. The molecule has 1 aliphatic heterocycles. The zero-order valence-electron chi connectivity index (χ0n) is 9.64. The van der Waals surface area contributed by atoms with Crippen LogP contribution in [0.3, 0.4) is 0 Å². The van der Waals surface area contributed by atoms with Gasteiger partial charge in [-0.1, -0.05) is 0 Å². The summed E-state index contributed by atoms with van der Waals surface area (Å²) in [6, 6.07) is -0.326. The van der Waals surface area contributed by atoms with Crippen LogP contribution in [0.1, 0.15) is 16.2 Å². The summed E-state index contributed by atoms with van der Waals surface area (Å²) in [7, 11) is 0. The number of nitrogens with two attached hydrogens (primary N) is 1. The highest BCUT2D eigenvalue weighted by Crippen LogP contribution is 2.17. The van der Waals surface area contributed by atoms with Crippen molar-refractivity contribution in [1.82, 2.24) is 15.1 Å². The Kier molecular flexibility index (Phi) is 3.30. The average Bonchev–Trinajstić information content (AvgIpc) is 2.69. The SMILES string of the molecule is Cc1[nH]nc(C(=O)N2CCOCC2CO)c1N. The number of nitrogen functional groups attached to an aromatic ring is 1. The Morgan fingerprint density at radius 2 is 2.53 bits per heavy atom. The minimum absolute atomic E-state index is 0.130. The van der Waals surface area contributed by atoms with E-state index in [2.05, 4.69) is 10.2 Å². The molecule has 1 amide bonds. The summed E-state index contributed by atoms with van der Waals surface area (Å²) in [4.78, 5) is 13.8. The number of rotatable bonds is 2. The van der Waals surface area contributed by atoms with Crippen molar-refractivity contribution in [3.63, 3.8) is 0 Å². The number of amides is 1. The third-order valence-corrected chi connectivity index (χ3v) is 2.90. The number of H-pyrrole nitrogens is 1. The van der Waals surface area contributed by atoms with Crippen LogP contribution in [0.25, 0.3) is 0 Å². The zero-order chi connectivity index (χ0) is 12.4. The van der Waals surface area contributed by atoms with Crippen molar-refractivity contribution in [2.45, 2.75) is 13.0 Å². The van der Waals surface area contributed by atoms with Crippen LogP contribution in [0.2, 0.25) is 0 Å². The third-order valence-electron chi connectivity index (χ3n) is 2.90. The number of aromatic amines is 1. The van der Waals surface area contributed by atoms with Gasteiger partial charge in [0, 0.05) is 6.54 Å². The van der Waals surface area contributed by atoms with E-state index in [1.807, 2.05) is 0 Å². The summed E-state index contributed by atoms with van der Waals surface area (Å²) in [5, 5.41) is 15.8. The minimum atomic E-state index is -0.326. The van der Waals surface area contributed by atoms with Crippen LogP contribution in [0.15, 0.2) is 0 Å². The van der Waals surface area contributed by atoms with E-state index in [-0.39, 0.29) is 24.2 Å². The van der Waals surface area contributed by atoms with Crippen molar-refractivity contribution in [1.29, 1.82) is 0 Å². The normalized spacial score (nSPS) is 20.6. The first-order chi connectivity index (χ1) is 8.15. The summed E-state index contributed by atoms with van der Waals surface area (Å²) >= 11 is 0. The topological polar surface area (TPSA) is 104 Å². The molecule has 0 saturated carbocycles. The Balaban J connectivity index is 2.21. The van der Waals surface area contributed by atoms with Gasteiger partial charge < -0.3 is 20.5 Å². The highest BCUT2D eigenvalue weighted by atomic mass is 16.5. The number of hydrogen-bond donors (Lipinski definition) is 3. The number of carbonyl (C=O) groups excluding carboxylic acids is 1. The van der Waals surface area contributed by atoms with Gasteiger partial charge in [-0.2, -0.15) is 5.10 Å². The number of aromatic nitrogens is 2. The molecule has 4 N–H and O–H groups in total. The van der Waals surface area contributed by atoms with Crippen LogP contribution >= 0.6 is 0 Å². The second kappa shape index (κ2) is 4.72. The molecule has 1 atom stereocenters. The number of aryl methyl sites for hydroxylation is 1. The van der Waals surface area contributed by atoms with Gasteiger partial charge in [0.15, 0.2) is 5.69 Å². The fourth-order valence-electron chi connectivity index (χ4n) is 1.81. The predicted molar refractivity (Wildman–Crippen MR) is 60.5 cm³/mol. The lowest BCUT2D eigenvalue weighted by molar-refractivity contribution is -0.0186. The Morgan fingerprint density at radius 1 is 1.76 bits per heavy atom. The van der Waals surface area contributed by atoms with Gasteiger partial charge in [0.2, 0.25) is 0 Å². The molecule has 2 heterocycles. The second-order valence-corrected chi connectivity index (χ2v) is 4.02. The minimum Gasteiger partial charge on any atom is -0.395 e. The van der Waals surface area contributed by atoms with Crippen LogP contribution in [0.5, 0.6) is 0 Å². The monoisotopic (exact) mass is 240 g/mol. The molecule has 1 fully saturated rings. The fourth-order valence-corrected chi connectivity index (χ4v) is 1.81. The number of carbonyl (C=O) groups is 1. The standard InChI is InChI=1S/C10H16N4O3/c1-6-8(11)9(13-12-6)10(16)14-2-3-17-5-7(14)4-15/h7,15H,2-5,11H2,1H3,(H,12,13). The van der Waals surface area contributed by atoms with Crippen LogP contribution < -0.4 is 5.73 Å². The molecule has 7 nitrogen and oxygen atoms in total. The molecule has 0 spiro atoms. The van der Waals surface area contributed by atoms with Crippen molar-refractivity contribution in [2.75, 3.05) is 32.1 Å². The van der Waals surface area contributed by atoms with Crippen LogP contribution in [0.4, 0.5) is 5.69 Å². The molecule has 94 valence electrons. The molecule has 0 aliphatic carbocycles. The summed E-state index contributed by atoms with van der Waals surface area (Å²) < 4.78 is 5.21. The van der Waals surface area contributed by atoms with Crippen LogP contribution in [-0.2, 0) is 4.74 Å². The van der Waals surface area contributed by atoms with Gasteiger partial charge in [-0.05, 0) is 6.92 Å². The highest BCUT2D eigenvalue weighted by molar-refractivity contribution is 5.97. The molecule has 1 saturated heterocycles. The summed E-state index contributed by atoms with van der Waals surface area (Å²) in [5.74, 6) is -0.269. The number of morpholine rings is 1. The predicted octanol–water partition coefficient (Wildman–Crippen LogP) is -0.866. The zero-order valence-corrected chi connectivity index (χ0v) is 9.64. The van der Waals surface area contributed by atoms with Gasteiger partial charge in [-0.15, -0.1) is 0 Å². The Bertz CT molecular complexity index is 418. The first-order valence-corrected chi connectivity index (χ1v) is 5.45. The van der Waals surface area contributed by atoms with Crippen molar-refractivity contribution in [2.24, 2.45) is 0 Å². The maximum atomic E-state index is 12.2. The molecule has 0 bridgehead atoms. The van der Waals surface area contributed by atoms with E-state index in [1.165, 1.54) is 0 Å². The van der Waals surface area contributed by atoms with E-state index >= 15 is 0 Å². The molecule has 1 aromatic rings. The lowest BCUT2D eigenvalue weighted by Crippen LogP contribution is -2.50. The van der Waals surface area contributed by atoms with E-state index in [1.54, 1.807) is 11.8 Å². The summed E-state index contributed by atoms with van der Waals surface area (Å²) in [6.45, 7) is 2.86. The van der Waals surface area contributed by atoms with Gasteiger partial charge in [-0.3, -0.25) is 9.89 Å². The van der Waals surface area contributed by atoms with Crippen molar-refractivity contribution in [3.05, 3.63) is 11.4 Å². The van der Waals surface area contributed by atoms with E-state index in [4.69, 9.17) is 10.5 Å². The maximum absolute atomic E-state index is 12.2. The summed E-state index contributed by atoms with van der Waals surface area (Å²) in [6.07, 6.45) is 0. The van der Waals surface area contributed by atoms with Gasteiger partial charge in [-0.25, -0.2) is 0 Å². The van der Waals surface area contributed by atoms with Gasteiger partial charge in [0.25, 0.3) is 5.91 Å². The lowest BCUT2D eigenvalue weighted by atomic mass is 10.2. The molecular weight excluding hydrogens is 224 g/mol. The van der Waals surface area contributed by atoms with Crippen LogP contribution in [0, 0.1) is 6.92 Å². The molecule has 0 radical (unpaired) electrons. The van der Waals surface area contributed by atoms with Crippen LogP contribution in [-0.4, -0.2) is 58.5 Å². The molecule has 17 heavy (non-hydrogen) atoms. The van der Waals surface area contributed by atoms with Gasteiger partial charge in [0.1, 0.15) is 0 Å². The molecular formula is C10H16N4O3. The molecule has 7 heteroatoms. The number of ether oxygens (including phenoxy) is 1. The van der Waals surface area contributed by atoms with Crippen molar-refractivity contribution < 1.29 is 14.6 Å². The molecule has 1 aliphatic rings. The maximum Gasteiger partial charge on any atom is 0.277 e. The second-order valence-electron chi connectivity index (χ2n) is 4.02. The first kappa shape index (κ1) is 11.9. The molecule has 1 aromatic heterocycles. The largest absolute Gasteiger partial charge is 0.395 e. The Labute approximate surface area is 98.5 Å². The van der Waals surface area contributed by atoms with Gasteiger partial charge in [0.05, 0.1) is 37.2 Å². The van der Waals surface area contributed by atoms with Crippen molar-refractivity contribution >= 4 is 11.6 Å². The molecule has 1 unspecified atom stereocenters. The smallest absolute Gasteiger partial charge is 0.277 e. The molecule has 2 rings (SSSR count). The Hall–Kier alpha value is -1.60. The number of nitrogens with one attached hydrogen (secondary N) is 1. The quantitative estimate of drug-likeness (QED) is 0.623. The van der Waals surface area contributed by atoms with Gasteiger partial charge >= 0.3 is 0 Å². The average molecular weight is 240 g/mol. The number of hydrogen-bond acceptors (Lipinski definition) is 5. The number of anilines is 1. The van der Waals surface area contributed by atoms with Crippen molar-refractivity contribution in [3.8, 4) is 0 Å². The third kappa shape index (κ3) is 2.11. The number of nitrogens with zero attached hydrogens (tertiary/aromatic N) is 2. The Morgan fingerprint density at radius 3 is 3.12 bits per heavy atom. The first-order valence-electron chi connectivity index (χ1n) is 5.45. The van der Waals surface area contributed by atoms with E-state index in [0.29, 0.717) is 31.1 Å². The van der Waals surface area contributed by atoms with E-state index in [0.717, 1.165) is 0 Å². The van der Waals surface area contributed by atoms with E-state index in [9.17, 15) is 9.90 Å². The number of aliphatic hydroxyl groups is 1. The van der Waals surface area contributed by atoms with E-state index < -0.39 is 0 Å². The highest BCUT2D eigenvalue weighted by Gasteiger charge is 2.30. The summed E-state index contributed by atoms with van der Waals surface area (Å²) in [5.41, 5.74) is 7.00. The fraction of sp³-hybridized carbons (Fsp3) is 0.600. The number of aliphatic hydroxyl groups excluding tert-OH is 1. The lowest BCUT2D eigenvalue weighted by Gasteiger charge is -2.34.